The summed E-state index contributed by atoms with van der Waals surface area (Å²) in [5.41, 5.74) is 4.01. The summed E-state index contributed by atoms with van der Waals surface area (Å²) in [6, 6.07) is 16.8. The molecule has 1 heterocycles. The Bertz CT molecular complexity index is 755. The number of benzene rings is 2. The Morgan fingerprint density at radius 2 is 1.85 bits per heavy atom. The van der Waals surface area contributed by atoms with Gasteiger partial charge in [0.25, 0.3) is 0 Å². The zero-order valence-corrected chi connectivity index (χ0v) is 17.1. The maximum atomic E-state index is 11.9. The van der Waals surface area contributed by atoms with Crippen molar-refractivity contribution in [3.05, 3.63) is 74.9 Å². The molecule has 1 N–H and O–H groups in total. The van der Waals surface area contributed by atoms with Crippen LogP contribution in [0.25, 0.3) is 6.08 Å². The first-order valence-electron chi connectivity index (χ1n) is 9.21. The van der Waals surface area contributed by atoms with Gasteiger partial charge in [0.15, 0.2) is 0 Å². The van der Waals surface area contributed by atoms with E-state index in [1.165, 1.54) is 14.7 Å². The first-order valence-corrected chi connectivity index (χ1v) is 10.3. The molecule has 0 aliphatic carbocycles. The number of fused-ring (bicyclic) bond motifs is 1. The van der Waals surface area contributed by atoms with Gasteiger partial charge in [-0.25, -0.2) is 0 Å². The second kappa shape index (κ2) is 9.88. The van der Waals surface area contributed by atoms with Gasteiger partial charge in [0.2, 0.25) is 5.91 Å². The maximum absolute atomic E-state index is 11.9. The first kappa shape index (κ1) is 19.1. The van der Waals surface area contributed by atoms with Crippen molar-refractivity contribution in [3.8, 4) is 0 Å². The normalized spacial score (nSPS) is 14.3. The summed E-state index contributed by atoms with van der Waals surface area (Å²) in [6.45, 7) is 4.03. The van der Waals surface area contributed by atoms with Crippen LogP contribution in [0.4, 0.5) is 0 Å². The van der Waals surface area contributed by atoms with Crippen molar-refractivity contribution in [2.75, 3.05) is 19.6 Å². The number of hydrogen-bond acceptors (Lipinski definition) is 2. The SMILES string of the molecule is O=C(C=Cc1ccc(I)cc1)NCCCCN1CCc2ccccc2C1. The zero-order chi connectivity index (χ0) is 18.2. The second-order valence-corrected chi connectivity index (χ2v) is 7.92. The van der Waals surface area contributed by atoms with E-state index in [4.69, 9.17) is 0 Å². The summed E-state index contributed by atoms with van der Waals surface area (Å²) in [4.78, 5) is 14.4. The Labute approximate surface area is 169 Å². The van der Waals surface area contributed by atoms with Crippen molar-refractivity contribution in [2.24, 2.45) is 0 Å². The second-order valence-electron chi connectivity index (χ2n) is 6.68. The molecule has 26 heavy (non-hydrogen) atoms. The van der Waals surface area contributed by atoms with Crippen LogP contribution in [-0.4, -0.2) is 30.4 Å². The molecule has 1 aliphatic rings. The average Bonchev–Trinajstić information content (AvgIpc) is 2.67. The van der Waals surface area contributed by atoms with Crippen LogP contribution in [0, 0.1) is 3.57 Å². The minimum atomic E-state index is -0.0181. The Kier molecular flexibility index (Phi) is 7.26. The molecule has 0 spiro atoms. The summed E-state index contributed by atoms with van der Waals surface area (Å²) >= 11 is 2.27. The Hall–Kier alpha value is -1.66. The summed E-state index contributed by atoms with van der Waals surface area (Å²) in [7, 11) is 0. The molecular formula is C22H25IN2O. The van der Waals surface area contributed by atoms with Gasteiger partial charge in [-0.3, -0.25) is 9.69 Å². The van der Waals surface area contributed by atoms with Crippen LogP contribution < -0.4 is 5.32 Å². The molecular weight excluding hydrogens is 435 g/mol. The lowest BCUT2D eigenvalue weighted by atomic mass is 10.00. The van der Waals surface area contributed by atoms with Crippen molar-refractivity contribution in [1.82, 2.24) is 10.2 Å². The number of hydrogen-bond donors (Lipinski definition) is 1. The molecule has 0 fully saturated rings. The molecule has 0 saturated heterocycles. The minimum absolute atomic E-state index is 0.0181. The molecule has 0 atom stereocenters. The molecule has 4 heteroatoms. The standard InChI is InChI=1S/C22H25IN2O/c23-21-10-7-18(8-11-21)9-12-22(26)24-14-3-4-15-25-16-13-19-5-1-2-6-20(19)17-25/h1-2,5-12H,3-4,13-17H2,(H,24,26). The van der Waals surface area contributed by atoms with Crippen molar-refractivity contribution < 1.29 is 4.79 Å². The Morgan fingerprint density at radius 1 is 1.08 bits per heavy atom. The molecule has 3 rings (SSSR count). The monoisotopic (exact) mass is 460 g/mol. The van der Waals surface area contributed by atoms with E-state index in [0.29, 0.717) is 0 Å². The summed E-state index contributed by atoms with van der Waals surface area (Å²) in [5, 5.41) is 2.97. The third-order valence-electron chi connectivity index (χ3n) is 4.71. The Balaban J connectivity index is 1.31. The van der Waals surface area contributed by atoms with Gasteiger partial charge in [-0.15, -0.1) is 0 Å². The van der Waals surface area contributed by atoms with E-state index in [1.807, 2.05) is 30.3 Å². The highest BCUT2D eigenvalue weighted by Gasteiger charge is 2.14. The van der Waals surface area contributed by atoms with E-state index in [1.54, 1.807) is 6.08 Å². The predicted molar refractivity (Wildman–Crippen MR) is 116 cm³/mol. The fourth-order valence-corrected chi connectivity index (χ4v) is 3.58. The van der Waals surface area contributed by atoms with Crippen LogP contribution in [0.15, 0.2) is 54.6 Å². The van der Waals surface area contributed by atoms with Crippen LogP contribution in [0.2, 0.25) is 0 Å². The van der Waals surface area contributed by atoms with Crippen LogP contribution in [0.1, 0.15) is 29.5 Å². The largest absolute Gasteiger partial charge is 0.353 e. The zero-order valence-electron chi connectivity index (χ0n) is 15.0. The summed E-state index contributed by atoms with van der Waals surface area (Å²) in [6.07, 6.45) is 6.75. The highest BCUT2D eigenvalue weighted by atomic mass is 127. The number of carbonyl (C=O) groups excluding carboxylic acids is 1. The minimum Gasteiger partial charge on any atom is -0.353 e. The fourth-order valence-electron chi connectivity index (χ4n) is 3.22. The quantitative estimate of drug-likeness (QED) is 0.381. The number of halogens is 1. The van der Waals surface area contributed by atoms with Gasteiger partial charge < -0.3 is 5.32 Å². The van der Waals surface area contributed by atoms with Gasteiger partial charge in [-0.05, 0) is 83.3 Å². The van der Waals surface area contributed by atoms with E-state index in [-0.39, 0.29) is 5.91 Å². The van der Waals surface area contributed by atoms with E-state index >= 15 is 0 Å². The Morgan fingerprint density at radius 3 is 2.65 bits per heavy atom. The molecule has 0 unspecified atom stereocenters. The highest BCUT2D eigenvalue weighted by molar-refractivity contribution is 14.1. The molecule has 1 amide bonds. The molecule has 0 radical (unpaired) electrons. The number of nitrogens with one attached hydrogen (secondary N) is 1. The van der Waals surface area contributed by atoms with E-state index < -0.39 is 0 Å². The third kappa shape index (κ3) is 5.95. The highest BCUT2D eigenvalue weighted by Crippen LogP contribution is 2.18. The van der Waals surface area contributed by atoms with Crippen LogP contribution in [-0.2, 0) is 17.8 Å². The van der Waals surface area contributed by atoms with E-state index in [2.05, 4.69) is 57.1 Å². The molecule has 0 bridgehead atoms. The third-order valence-corrected chi connectivity index (χ3v) is 5.43. The fraction of sp³-hybridized carbons (Fsp3) is 0.318. The molecule has 1 aliphatic heterocycles. The van der Waals surface area contributed by atoms with Gasteiger partial charge >= 0.3 is 0 Å². The smallest absolute Gasteiger partial charge is 0.243 e. The van der Waals surface area contributed by atoms with Gasteiger partial charge in [0.05, 0.1) is 0 Å². The lowest BCUT2D eigenvalue weighted by molar-refractivity contribution is -0.116. The van der Waals surface area contributed by atoms with E-state index in [0.717, 1.165) is 51.0 Å². The van der Waals surface area contributed by atoms with Crippen LogP contribution >= 0.6 is 22.6 Å². The maximum Gasteiger partial charge on any atom is 0.243 e. The van der Waals surface area contributed by atoms with E-state index in [9.17, 15) is 4.79 Å². The molecule has 0 aromatic heterocycles. The van der Waals surface area contributed by atoms with Crippen molar-refractivity contribution in [1.29, 1.82) is 0 Å². The van der Waals surface area contributed by atoms with Crippen molar-refractivity contribution in [3.63, 3.8) is 0 Å². The average molecular weight is 460 g/mol. The number of carbonyl (C=O) groups is 1. The lowest BCUT2D eigenvalue weighted by Crippen LogP contribution is -2.31. The number of nitrogens with zero attached hydrogens (tertiary/aromatic N) is 1. The van der Waals surface area contributed by atoms with Crippen LogP contribution in [0.5, 0.6) is 0 Å². The number of unbranched alkanes of at least 4 members (excludes halogenated alkanes) is 1. The summed E-state index contributed by atoms with van der Waals surface area (Å²) in [5.74, 6) is -0.0181. The molecule has 136 valence electrons. The van der Waals surface area contributed by atoms with Gasteiger partial charge in [0, 0.05) is 29.3 Å². The first-order chi connectivity index (χ1) is 12.7. The van der Waals surface area contributed by atoms with Gasteiger partial charge in [-0.1, -0.05) is 36.4 Å². The molecule has 2 aromatic rings. The number of amides is 1. The number of rotatable bonds is 7. The molecule has 0 saturated carbocycles. The lowest BCUT2D eigenvalue weighted by Gasteiger charge is -2.28. The van der Waals surface area contributed by atoms with Crippen LogP contribution in [0.3, 0.4) is 0 Å². The van der Waals surface area contributed by atoms with Crippen molar-refractivity contribution >= 4 is 34.6 Å². The van der Waals surface area contributed by atoms with Gasteiger partial charge in [-0.2, -0.15) is 0 Å². The molecule has 2 aromatic carbocycles. The summed E-state index contributed by atoms with van der Waals surface area (Å²) < 4.78 is 1.20. The molecule has 3 nitrogen and oxygen atoms in total. The van der Waals surface area contributed by atoms with Gasteiger partial charge in [0.1, 0.15) is 0 Å². The predicted octanol–water partition coefficient (Wildman–Crippen LogP) is 4.26. The van der Waals surface area contributed by atoms with Crippen molar-refractivity contribution in [2.45, 2.75) is 25.8 Å². The topological polar surface area (TPSA) is 32.3 Å².